The van der Waals surface area contributed by atoms with Gasteiger partial charge in [0.15, 0.2) is 16.5 Å². The summed E-state index contributed by atoms with van der Waals surface area (Å²) in [6.07, 6.45) is 0. The van der Waals surface area contributed by atoms with Crippen LogP contribution in [0.25, 0.3) is 0 Å². The summed E-state index contributed by atoms with van der Waals surface area (Å²) in [6.45, 7) is 3.61. The standard InChI is InChI=1S/C25H18F4O5S/c1-25(2)16-13-9-5-3-7-11(13)15(12-8-4-6-10-14(12)16)17(25)24(30)34-22-18(26)20(28)23(35(31,32)33)21(29)19(22)27/h3-10,15-17H,1-2H3,(H,31,32,33). The van der Waals surface area contributed by atoms with E-state index in [2.05, 4.69) is 0 Å². The first-order valence-corrected chi connectivity index (χ1v) is 12.0. The van der Waals surface area contributed by atoms with Crippen molar-refractivity contribution in [3.8, 4) is 5.75 Å². The molecule has 0 aliphatic heterocycles. The van der Waals surface area contributed by atoms with Crippen LogP contribution in [0.1, 0.15) is 47.9 Å². The number of esters is 1. The van der Waals surface area contributed by atoms with Crippen molar-refractivity contribution < 1.29 is 40.1 Å². The Labute approximate surface area is 198 Å². The van der Waals surface area contributed by atoms with Crippen LogP contribution in [-0.2, 0) is 14.9 Å². The number of carbonyl (C=O) groups is 1. The molecule has 5 nitrogen and oxygen atoms in total. The van der Waals surface area contributed by atoms with E-state index in [-0.39, 0.29) is 5.92 Å². The summed E-state index contributed by atoms with van der Waals surface area (Å²) in [7, 11) is -5.64. The Morgan fingerprint density at radius 1 is 0.829 bits per heavy atom. The molecule has 3 aromatic rings. The Balaban J connectivity index is 1.64. The highest BCUT2D eigenvalue weighted by Crippen LogP contribution is 2.63. The number of benzene rings is 3. The van der Waals surface area contributed by atoms with Crippen LogP contribution in [0.4, 0.5) is 17.6 Å². The topological polar surface area (TPSA) is 80.7 Å². The molecule has 3 aliphatic carbocycles. The zero-order valence-electron chi connectivity index (χ0n) is 18.4. The van der Waals surface area contributed by atoms with Crippen molar-refractivity contribution in [2.24, 2.45) is 11.3 Å². The van der Waals surface area contributed by atoms with Crippen LogP contribution in [-0.4, -0.2) is 18.9 Å². The van der Waals surface area contributed by atoms with Crippen LogP contribution in [0.3, 0.4) is 0 Å². The summed E-state index contributed by atoms with van der Waals surface area (Å²) in [5.41, 5.74) is 2.83. The molecule has 0 amide bonds. The van der Waals surface area contributed by atoms with E-state index >= 15 is 0 Å². The minimum Gasteiger partial charge on any atom is -0.420 e. The third kappa shape index (κ3) is 3.23. The first kappa shape index (κ1) is 23.5. The number of carbonyl (C=O) groups excluding carboxylic acids is 1. The van der Waals surface area contributed by atoms with Gasteiger partial charge in [0.2, 0.25) is 17.4 Å². The molecule has 0 heterocycles. The highest BCUT2D eigenvalue weighted by atomic mass is 32.2. The van der Waals surface area contributed by atoms with Gasteiger partial charge in [-0.3, -0.25) is 9.35 Å². The predicted octanol–water partition coefficient (Wildman–Crippen LogP) is 5.33. The summed E-state index contributed by atoms with van der Waals surface area (Å²) >= 11 is 0. The fraction of sp³-hybridized carbons (Fsp3) is 0.240. The number of fused-ring (bicyclic) bond motifs is 1. The van der Waals surface area contributed by atoms with Crippen LogP contribution < -0.4 is 4.74 Å². The molecule has 1 unspecified atom stereocenters. The number of rotatable bonds is 3. The van der Waals surface area contributed by atoms with Crippen molar-refractivity contribution in [2.75, 3.05) is 0 Å². The zero-order chi connectivity index (χ0) is 25.4. The van der Waals surface area contributed by atoms with E-state index in [0.29, 0.717) is 0 Å². The fourth-order valence-electron chi connectivity index (χ4n) is 5.73. The molecule has 10 heteroatoms. The van der Waals surface area contributed by atoms with E-state index in [0.717, 1.165) is 22.3 Å². The van der Waals surface area contributed by atoms with Crippen molar-refractivity contribution in [3.05, 3.63) is 94.1 Å². The lowest BCUT2D eigenvalue weighted by molar-refractivity contribution is -0.145. The second-order valence-electron chi connectivity index (χ2n) is 9.28. The molecule has 6 rings (SSSR count). The van der Waals surface area contributed by atoms with Gasteiger partial charge < -0.3 is 4.74 Å². The summed E-state index contributed by atoms with van der Waals surface area (Å²) < 4.78 is 94.0. The Morgan fingerprint density at radius 2 is 1.26 bits per heavy atom. The fourth-order valence-corrected chi connectivity index (χ4v) is 6.36. The largest absolute Gasteiger partial charge is 0.420 e. The third-order valence-electron chi connectivity index (χ3n) is 7.06. The van der Waals surface area contributed by atoms with Crippen LogP contribution in [0.2, 0.25) is 0 Å². The van der Waals surface area contributed by atoms with Crippen molar-refractivity contribution in [1.82, 2.24) is 0 Å². The Morgan fingerprint density at radius 3 is 1.69 bits per heavy atom. The van der Waals surface area contributed by atoms with E-state index in [1.807, 2.05) is 36.4 Å². The van der Waals surface area contributed by atoms with Crippen molar-refractivity contribution in [1.29, 1.82) is 0 Å². The molecule has 35 heavy (non-hydrogen) atoms. The summed E-state index contributed by atoms with van der Waals surface area (Å²) in [5, 5.41) is 0. The molecular formula is C25H18F4O5S. The van der Waals surface area contributed by atoms with Gasteiger partial charge in [0.05, 0.1) is 5.92 Å². The van der Waals surface area contributed by atoms with Crippen LogP contribution in [0, 0.1) is 34.6 Å². The molecule has 1 N–H and O–H groups in total. The van der Waals surface area contributed by atoms with Gasteiger partial charge in [-0.1, -0.05) is 62.4 Å². The maximum absolute atomic E-state index is 14.6. The lowest BCUT2D eigenvalue weighted by Gasteiger charge is -2.54. The molecule has 0 spiro atoms. The van der Waals surface area contributed by atoms with Gasteiger partial charge in [0.25, 0.3) is 0 Å². The molecule has 3 aromatic carbocycles. The second-order valence-corrected chi connectivity index (χ2v) is 10.6. The van der Waals surface area contributed by atoms with Crippen LogP contribution in [0.15, 0.2) is 53.4 Å². The number of halogens is 4. The van der Waals surface area contributed by atoms with Crippen molar-refractivity contribution in [3.63, 3.8) is 0 Å². The van der Waals surface area contributed by atoms with E-state index in [9.17, 15) is 30.8 Å². The maximum atomic E-state index is 14.6. The SMILES string of the molecule is CC1(C)C2c3ccccc3C(c3ccccc32)C1C(=O)Oc1c(F)c(F)c(S(=O)(=O)O)c(F)c1F. The first-order chi connectivity index (χ1) is 16.4. The van der Waals surface area contributed by atoms with Gasteiger partial charge in [-0.25, -0.2) is 8.78 Å². The number of hydrogen-bond donors (Lipinski definition) is 1. The Hall–Kier alpha value is -3.24. The third-order valence-corrected chi connectivity index (χ3v) is 7.93. The molecule has 2 bridgehead atoms. The van der Waals surface area contributed by atoms with Gasteiger partial charge in [-0.05, 0) is 27.7 Å². The highest BCUT2D eigenvalue weighted by Gasteiger charge is 2.57. The Kier molecular flexibility index (Phi) is 5.12. The molecule has 0 fully saturated rings. The van der Waals surface area contributed by atoms with Gasteiger partial charge in [-0.2, -0.15) is 17.2 Å². The average Bonchev–Trinajstić information content (AvgIpc) is 2.79. The molecule has 0 saturated carbocycles. The first-order valence-electron chi connectivity index (χ1n) is 10.6. The summed E-state index contributed by atoms with van der Waals surface area (Å²) in [5.74, 6) is -14.0. The van der Waals surface area contributed by atoms with Gasteiger partial charge in [-0.15, -0.1) is 0 Å². The number of hydrogen-bond acceptors (Lipinski definition) is 4. The minimum absolute atomic E-state index is 0.275. The smallest absolute Gasteiger partial charge is 0.316 e. The molecule has 182 valence electrons. The normalized spacial score (nSPS) is 21.9. The summed E-state index contributed by atoms with van der Waals surface area (Å²) in [4.78, 5) is 11.2. The lowest BCUT2D eigenvalue weighted by atomic mass is 9.48. The average molecular weight is 506 g/mol. The highest BCUT2D eigenvalue weighted by molar-refractivity contribution is 7.85. The van der Waals surface area contributed by atoms with E-state index < -0.39 is 67.3 Å². The van der Waals surface area contributed by atoms with Gasteiger partial charge in [0.1, 0.15) is 0 Å². The molecule has 1 atom stereocenters. The monoisotopic (exact) mass is 506 g/mol. The zero-order valence-corrected chi connectivity index (χ0v) is 19.2. The van der Waals surface area contributed by atoms with Crippen molar-refractivity contribution >= 4 is 16.1 Å². The lowest BCUT2D eigenvalue weighted by Crippen LogP contribution is -2.50. The van der Waals surface area contributed by atoms with E-state index in [1.165, 1.54) is 0 Å². The number of ether oxygens (including phenoxy) is 1. The van der Waals surface area contributed by atoms with Crippen LogP contribution >= 0.6 is 0 Å². The quantitative estimate of drug-likeness (QED) is 0.171. The van der Waals surface area contributed by atoms with E-state index in [1.54, 1.807) is 26.0 Å². The van der Waals surface area contributed by atoms with E-state index in [4.69, 9.17) is 9.29 Å². The molecule has 0 aromatic heterocycles. The minimum atomic E-state index is -5.64. The molecule has 3 aliphatic rings. The second kappa shape index (κ2) is 7.63. The molecule has 0 saturated heterocycles. The molecule has 0 radical (unpaired) electrons. The summed E-state index contributed by atoms with van der Waals surface area (Å²) in [6, 6.07) is 14.9. The van der Waals surface area contributed by atoms with Gasteiger partial charge in [0, 0.05) is 11.8 Å². The molecular weight excluding hydrogens is 488 g/mol. The van der Waals surface area contributed by atoms with Crippen molar-refractivity contribution in [2.45, 2.75) is 30.6 Å². The van der Waals surface area contributed by atoms with Crippen LogP contribution in [0.5, 0.6) is 5.75 Å². The Bertz CT molecular complexity index is 1440. The maximum Gasteiger partial charge on any atom is 0.316 e. The predicted molar refractivity (Wildman–Crippen MR) is 116 cm³/mol. The van der Waals surface area contributed by atoms with Gasteiger partial charge >= 0.3 is 16.1 Å².